The summed E-state index contributed by atoms with van der Waals surface area (Å²) in [4.78, 5) is 23.0. The molecule has 0 aliphatic carbocycles. The van der Waals surface area contributed by atoms with Crippen LogP contribution < -0.4 is 11.2 Å². The highest BCUT2D eigenvalue weighted by atomic mass is 35.5. The van der Waals surface area contributed by atoms with Gasteiger partial charge in [-0.05, 0) is 43.2 Å². The van der Waals surface area contributed by atoms with Crippen molar-refractivity contribution in [3.05, 3.63) is 62.7 Å². The molecule has 0 saturated heterocycles. The summed E-state index contributed by atoms with van der Waals surface area (Å²) in [7, 11) is 0. The fraction of sp³-hybridized carbons (Fsp3) is 0.167. The standard InChI is InChI=1S/C18H17ClN6O3S/c1-10-6-14(15(25(27)28)7-11(10)2)21-16(26)9-29-18-23-22-17(24(18)20)12-4-3-5-13(19)8-12/h3-8H,9,20H2,1-2H3,(H,21,26). The second-order valence-electron chi connectivity index (χ2n) is 6.23. The number of rotatable bonds is 6. The maximum absolute atomic E-state index is 12.3. The minimum atomic E-state index is -0.525. The lowest BCUT2D eigenvalue weighted by molar-refractivity contribution is -0.384. The van der Waals surface area contributed by atoms with Crippen molar-refractivity contribution in [2.75, 3.05) is 16.9 Å². The van der Waals surface area contributed by atoms with Crippen LogP contribution in [0.2, 0.25) is 5.02 Å². The van der Waals surface area contributed by atoms with Crippen molar-refractivity contribution in [2.24, 2.45) is 0 Å². The first-order chi connectivity index (χ1) is 13.8. The molecule has 0 fully saturated rings. The van der Waals surface area contributed by atoms with Crippen molar-refractivity contribution in [3.63, 3.8) is 0 Å². The number of amides is 1. The van der Waals surface area contributed by atoms with Crippen LogP contribution in [0.25, 0.3) is 11.4 Å². The Labute approximate surface area is 175 Å². The van der Waals surface area contributed by atoms with Gasteiger partial charge in [-0.15, -0.1) is 10.2 Å². The first-order valence-electron chi connectivity index (χ1n) is 8.41. The second-order valence-corrected chi connectivity index (χ2v) is 7.61. The van der Waals surface area contributed by atoms with Gasteiger partial charge in [-0.2, -0.15) is 0 Å². The number of carbonyl (C=O) groups excluding carboxylic acids is 1. The van der Waals surface area contributed by atoms with E-state index in [1.54, 1.807) is 37.3 Å². The number of nitro benzene ring substituents is 1. The van der Waals surface area contributed by atoms with E-state index in [0.29, 0.717) is 21.6 Å². The molecule has 1 heterocycles. The third kappa shape index (κ3) is 4.66. The number of nitrogen functional groups attached to an aromatic ring is 1. The van der Waals surface area contributed by atoms with Gasteiger partial charge in [-0.3, -0.25) is 14.9 Å². The first kappa shape index (κ1) is 20.6. The molecule has 0 spiro atoms. The molecule has 1 aromatic heterocycles. The SMILES string of the molecule is Cc1cc(NC(=O)CSc2nnc(-c3cccc(Cl)c3)n2N)c([N+](=O)[O-])cc1C. The Hall–Kier alpha value is -3.11. The van der Waals surface area contributed by atoms with Gasteiger partial charge in [-0.1, -0.05) is 35.5 Å². The van der Waals surface area contributed by atoms with E-state index in [2.05, 4.69) is 15.5 Å². The Bertz CT molecular complexity index is 1100. The van der Waals surface area contributed by atoms with Crippen LogP contribution in [0.5, 0.6) is 0 Å². The molecule has 1 amide bonds. The summed E-state index contributed by atoms with van der Waals surface area (Å²) in [5.74, 6) is 5.97. The maximum atomic E-state index is 12.3. The number of carbonyl (C=O) groups is 1. The highest BCUT2D eigenvalue weighted by Gasteiger charge is 2.19. The van der Waals surface area contributed by atoms with Gasteiger partial charge in [0.25, 0.3) is 5.69 Å². The van der Waals surface area contributed by atoms with E-state index in [4.69, 9.17) is 17.4 Å². The summed E-state index contributed by atoms with van der Waals surface area (Å²) >= 11 is 7.05. The fourth-order valence-electron chi connectivity index (χ4n) is 2.57. The quantitative estimate of drug-likeness (QED) is 0.263. The average Bonchev–Trinajstić information content (AvgIpc) is 3.03. The Morgan fingerprint density at radius 1 is 1.28 bits per heavy atom. The van der Waals surface area contributed by atoms with Gasteiger partial charge in [0.2, 0.25) is 11.1 Å². The first-order valence-corrected chi connectivity index (χ1v) is 9.77. The highest BCUT2D eigenvalue weighted by Crippen LogP contribution is 2.29. The summed E-state index contributed by atoms with van der Waals surface area (Å²) in [5.41, 5.74) is 2.30. The number of nitrogens with one attached hydrogen (secondary N) is 1. The third-order valence-corrected chi connectivity index (χ3v) is 5.34. The molecule has 0 aliphatic rings. The molecule has 11 heteroatoms. The van der Waals surface area contributed by atoms with Crippen molar-refractivity contribution in [3.8, 4) is 11.4 Å². The van der Waals surface area contributed by atoms with Crippen molar-refractivity contribution in [2.45, 2.75) is 19.0 Å². The lowest BCUT2D eigenvalue weighted by atomic mass is 10.1. The number of hydrogen-bond donors (Lipinski definition) is 2. The minimum Gasteiger partial charge on any atom is -0.335 e. The Morgan fingerprint density at radius 3 is 2.69 bits per heavy atom. The predicted octanol–water partition coefficient (Wildman–Crippen LogP) is 3.57. The molecule has 0 saturated carbocycles. The van der Waals surface area contributed by atoms with Gasteiger partial charge in [-0.25, -0.2) is 4.68 Å². The van der Waals surface area contributed by atoms with Gasteiger partial charge >= 0.3 is 0 Å². The number of hydrogen-bond acceptors (Lipinski definition) is 7. The van der Waals surface area contributed by atoms with Crippen molar-refractivity contribution in [1.82, 2.24) is 14.9 Å². The number of halogens is 1. The molecule has 3 aromatic rings. The molecule has 3 rings (SSSR count). The number of nitrogens with zero attached hydrogens (tertiary/aromatic N) is 4. The van der Waals surface area contributed by atoms with E-state index in [0.717, 1.165) is 22.9 Å². The Balaban J connectivity index is 1.71. The molecule has 3 N–H and O–H groups in total. The molecule has 29 heavy (non-hydrogen) atoms. The molecule has 0 radical (unpaired) electrons. The number of aromatic nitrogens is 3. The van der Waals surface area contributed by atoms with Crippen molar-refractivity contribution >= 4 is 40.6 Å². The molecule has 0 unspecified atom stereocenters. The zero-order valence-corrected chi connectivity index (χ0v) is 17.1. The van der Waals surface area contributed by atoms with Gasteiger partial charge in [0.1, 0.15) is 5.69 Å². The summed E-state index contributed by atoms with van der Waals surface area (Å²) in [5, 5.41) is 22.7. The Morgan fingerprint density at radius 2 is 2.00 bits per heavy atom. The molecule has 0 bridgehead atoms. The zero-order chi connectivity index (χ0) is 21.1. The second kappa shape index (κ2) is 8.50. The average molecular weight is 433 g/mol. The molecule has 0 aliphatic heterocycles. The number of benzene rings is 2. The maximum Gasteiger partial charge on any atom is 0.293 e. The van der Waals surface area contributed by atoms with E-state index < -0.39 is 10.8 Å². The summed E-state index contributed by atoms with van der Waals surface area (Å²) in [6.45, 7) is 3.59. The van der Waals surface area contributed by atoms with E-state index >= 15 is 0 Å². The summed E-state index contributed by atoms with van der Waals surface area (Å²) < 4.78 is 1.27. The molecular formula is C18H17ClN6O3S. The van der Waals surface area contributed by atoms with Crippen LogP contribution in [0.3, 0.4) is 0 Å². The van der Waals surface area contributed by atoms with E-state index in [9.17, 15) is 14.9 Å². The van der Waals surface area contributed by atoms with Gasteiger partial charge in [0.15, 0.2) is 5.82 Å². The van der Waals surface area contributed by atoms with Gasteiger partial charge < -0.3 is 11.2 Å². The number of nitrogens with two attached hydrogens (primary N) is 1. The van der Waals surface area contributed by atoms with Crippen LogP contribution in [0.1, 0.15) is 11.1 Å². The topological polar surface area (TPSA) is 129 Å². The normalized spacial score (nSPS) is 10.7. The fourth-order valence-corrected chi connectivity index (χ4v) is 3.42. The van der Waals surface area contributed by atoms with Gasteiger partial charge in [0, 0.05) is 16.7 Å². The largest absolute Gasteiger partial charge is 0.335 e. The Kier molecular flexibility index (Phi) is 6.04. The minimum absolute atomic E-state index is 0.0467. The molecule has 150 valence electrons. The molecule has 0 atom stereocenters. The molecule has 9 nitrogen and oxygen atoms in total. The third-order valence-electron chi connectivity index (χ3n) is 4.16. The van der Waals surface area contributed by atoms with Crippen LogP contribution in [0.15, 0.2) is 41.6 Å². The zero-order valence-electron chi connectivity index (χ0n) is 15.5. The number of thioether (sulfide) groups is 1. The summed E-state index contributed by atoms with van der Waals surface area (Å²) in [6.07, 6.45) is 0. The van der Waals surface area contributed by atoms with Crippen LogP contribution in [-0.2, 0) is 4.79 Å². The van der Waals surface area contributed by atoms with E-state index in [-0.39, 0.29) is 17.1 Å². The summed E-state index contributed by atoms with van der Waals surface area (Å²) in [6, 6.07) is 10.0. The van der Waals surface area contributed by atoms with Crippen molar-refractivity contribution in [1.29, 1.82) is 0 Å². The van der Waals surface area contributed by atoms with Crippen LogP contribution in [0.4, 0.5) is 11.4 Å². The van der Waals surface area contributed by atoms with Crippen molar-refractivity contribution < 1.29 is 9.72 Å². The number of aryl methyl sites for hydroxylation is 2. The lowest BCUT2D eigenvalue weighted by Crippen LogP contribution is -2.17. The van der Waals surface area contributed by atoms with Crippen LogP contribution in [-0.4, -0.2) is 31.5 Å². The molecule has 2 aromatic carbocycles. The predicted molar refractivity (Wildman–Crippen MR) is 113 cm³/mol. The highest BCUT2D eigenvalue weighted by molar-refractivity contribution is 7.99. The monoisotopic (exact) mass is 432 g/mol. The number of nitro groups is 1. The number of anilines is 1. The van der Waals surface area contributed by atoms with Crippen LogP contribution in [0, 0.1) is 24.0 Å². The van der Waals surface area contributed by atoms with Crippen LogP contribution >= 0.6 is 23.4 Å². The molecular weight excluding hydrogens is 416 g/mol. The van der Waals surface area contributed by atoms with E-state index in [1.165, 1.54) is 10.7 Å². The lowest BCUT2D eigenvalue weighted by Gasteiger charge is -2.09. The smallest absolute Gasteiger partial charge is 0.293 e. The van der Waals surface area contributed by atoms with Gasteiger partial charge in [0.05, 0.1) is 10.7 Å². The van der Waals surface area contributed by atoms with E-state index in [1.807, 2.05) is 6.92 Å².